The smallest absolute Gasteiger partial charge is 0.132 e. The van der Waals surface area contributed by atoms with Crippen LogP contribution in [-0.4, -0.2) is 36.1 Å². The van der Waals surface area contributed by atoms with Gasteiger partial charge in [0.05, 0.1) is 0 Å². The summed E-state index contributed by atoms with van der Waals surface area (Å²) in [4.78, 5) is 11.2. The van der Waals surface area contributed by atoms with Crippen molar-refractivity contribution < 1.29 is 0 Å². The Morgan fingerprint density at radius 3 is 3.06 bits per heavy atom. The van der Waals surface area contributed by atoms with Crippen molar-refractivity contribution in [3.8, 4) is 0 Å². The summed E-state index contributed by atoms with van der Waals surface area (Å²) in [5.74, 6) is 2.00. The van der Waals surface area contributed by atoms with Gasteiger partial charge < -0.3 is 10.2 Å². The maximum absolute atomic E-state index is 4.42. The van der Waals surface area contributed by atoms with Crippen molar-refractivity contribution in [2.24, 2.45) is 5.92 Å². The average molecular weight is 232 g/mol. The van der Waals surface area contributed by atoms with Crippen LogP contribution in [0, 0.1) is 5.92 Å². The molecule has 1 aromatic rings. The summed E-state index contributed by atoms with van der Waals surface area (Å²) in [6.45, 7) is 4.34. The van der Waals surface area contributed by atoms with Crippen LogP contribution in [0.15, 0.2) is 12.4 Å². The van der Waals surface area contributed by atoms with Crippen molar-refractivity contribution in [1.29, 1.82) is 0 Å². The van der Waals surface area contributed by atoms with Gasteiger partial charge in [-0.05, 0) is 38.1 Å². The van der Waals surface area contributed by atoms with E-state index in [9.17, 15) is 0 Å². The van der Waals surface area contributed by atoms with Gasteiger partial charge in [-0.2, -0.15) is 0 Å². The van der Waals surface area contributed by atoms with Gasteiger partial charge >= 0.3 is 0 Å². The van der Waals surface area contributed by atoms with E-state index in [1.165, 1.54) is 25.0 Å². The normalized spacial score (nSPS) is 21.3. The summed E-state index contributed by atoms with van der Waals surface area (Å²) >= 11 is 0. The molecule has 0 amide bonds. The molecule has 0 atom stereocenters. The number of hydrogen-bond acceptors (Lipinski definition) is 4. The first-order valence-corrected chi connectivity index (χ1v) is 6.68. The lowest BCUT2D eigenvalue weighted by atomic mass is 10.2. The zero-order valence-electron chi connectivity index (χ0n) is 10.2. The molecule has 1 aliphatic carbocycles. The Hall–Kier alpha value is -1.16. The van der Waals surface area contributed by atoms with Crippen LogP contribution in [0.4, 0.5) is 5.82 Å². The van der Waals surface area contributed by atoms with E-state index in [0.29, 0.717) is 0 Å². The molecule has 1 aromatic heterocycles. The number of rotatable bonds is 3. The SMILES string of the molecule is c1nc(CC2CC2)cc(N2CCCNCC2)n1. The highest BCUT2D eigenvalue weighted by molar-refractivity contribution is 5.39. The van der Waals surface area contributed by atoms with Gasteiger partial charge in [-0.25, -0.2) is 9.97 Å². The second-order valence-corrected chi connectivity index (χ2v) is 5.11. The number of aromatic nitrogens is 2. The van der Waals surface area contributed by atoms with Crippen LogP contribution in [0.2, 0.25) is 0 Å². The molecule has 1 N–H and O–H groups in total. The fourth-order valence-electron chi connectivity index (χ4n) is 2.36. The Balaban J connectivity index is 1.71. The zero-order chi connectivity index (χ0) is 11.5. The number of hydrogen-bond donors (Lipinski definition) is 1. The molecule has 17 heavy (non-hydrogen) atoms. The standard InChI is InChI=1S/C13H20N4/c1-4-14-5-7-17(6-1)13-9-12(15-10-16-13)8-11-2-3-11/h9-11,14H,1-8H2. The molecule has 92 valence electrons. The summed E-state index contributed by atoms with van der Waals surface area (Å²) in [7, 11) is 0. The average Bonchev–Trinajstić information content (AvgIpc) is 3.15. The van der Waals surface area contributed by atoms with Crippen LogP contribution in [0.3, 0.4) is 0 Å². The van der Waals surface area contributed by atoms with Crippen molar-refractivity contribution in [3.05, 3.63) is 18.1 Å². The summed E-state index contributed by atoms with van der Waals surface area (Å²) in [6, 6.07) is 2.18. The van der Waals surface area contributed by atoms with Gasteiger partial charge in [0.25, 0.3) is 0 Å². The quantitative estimate of drug-likeness (QED) is 0.851. The highest BCUT2D eigenvalue weighted by Crippen LogP contribution is 2.32. The van der Waals surface area contributed by atoms with Gasteiger partial charge in [-0.3, -0.25) is 0 Å². The van der Waals surface area contributed by atoms with Crippen molar-refractivity contribution in [2.75, 3.05) is 31.1 Å². The van der Waals surface area contributed by atoms with E-state index in [1.54, 1.807) is 6.33 Å². The van der Waals surface area contributed by atoms with E-state index in [-0.39, 0.29) is 0 Å². The van der Waals surface area contributed by atoms with Crippen LogP contribution in [0.25, 0.3) is 0 Å². The zero-order valence-corrected chi connectivity index (χ0v) is 10.2. The Morgan fingerprint density at radius 2 is 2.18 bits per heavy atom. The van der Waals surface area contributed by atoms with Crippen molar-refractivity contribution in [1.82, 2.24) is 15.3 Å². The predicted molar refractivity (Wildman–Crippen MR) is 68.2 cm³/mol. The minimum atomic E-state index is 0.892. The van der Waals surface area contributed by atoms with Crippen molar-refractivity contribution in [2.45, 2.75) is 25.7 Å². The largest absolute Gasteiger partial charge is 0.355 e. The minimum absolute atomic E-state index is 0.892. The molecule has 0 spiro atoms. The Bertz CT molecular complexity index is 367. The summed E-state index contributed by atoms with van der Waals surface area (Å²) in [5.41, 5.74) is 1.22. The van der Waals surface area contributed by atoms with Crippen molar-refractivity contribution >= 4 is 5.82 Å². The van der Waals surface area contributed by atoms with Gasteiger partial charge in [0.2, 0.25) is 0 Å². The second kappa shape index (κ2) is 5.00. The highest BCUT2D eigenvalue weighted by Gasteiger charge is 2.22. The molecule has 2 aliphatic rings. The Labute approximate surface area is 102 Å². The maximum atomic E-state index is 4.42. The molecule has 1 saturated carbocycles. The summed E-state index contributed by atoms with van der Waals surface area (Å²) in [6.07, 6.45) is 6.83. The summed E-state index contributed by atoms with van der Waals surface area (Å²) < 4.78 is 0. The lowest BCUT2D eigenvalue weighted by Crippen LogP contribution is -2.28. The third-order valence-electron chi connectivity index (χ3n) is 3.57. The van der Waals surface area contributed by atoms with Gasteiger partial charge in [0.15, 0.2) is 0 Å². The molecule has 4 nitrogen and oxygen atoms in total. The van der Waals surface area contributed by atoms with Gasteiger partial charge in [0, 0.05) is 31.4 Å². The van der Waals surface area contributed by atoms with Crippen molar-refractivity contribution in [3.63, 3.8) is 0 Å². The van der Waals surface area contributed by atoms with E-state index in [4.69, 9.17) is 0 Å². The first-order chi connectivity index (χ1) is 8.42. The Kier molecular flexibility index (Phi) is 3.22. The fraction of sp³-hybridized carbons (Fsp3) is 0.692. The Morgan fingerprint density at radius 1 is 1.24 bits per heavy atom. The molecule has 0 aromatic carbocycles. The van der Waals surface area contributed by atoms with Gasteiger partial charge in [0.1, 0.15) is 12.1 Å². The molecule has 1 aliphatic heterocycles. The van der Waals surface area contributed by atoms with E-state index < -0.39 is 0 Å². The molecule has 0 radical (unpaired) electrons. The molecular formula is C13H20N4. The van der Waals surface area contributed by atoms with E-state index in [1.807, 2.05) is 0 Å². The van der Waals surface area contributed by atoms with Gasteiger partial charge in [-0.15, -0.1) is 0 Å². The van der Waals surface area contributed by atoms with E-state index in [2.05, 4.69) is 26.3 Å². The first-order valence-electron chi connectivity index (χ1n) is 6.68. The van der Waals surface area contributed by atoms with E-state index in [0.717, 1.165) is 44.3 Å². The molecule has 0 bridgehead atoms. The fourth-order valence-corrected chi connectivity index (χ4v) is 2.36. The molecule has 1 saturated heterocycles. The third kappa shape index (κ3) is 2.94. The van der Waals surface area contributed by atoms with Gasteiger partial charge in [-0.1, -0.05) is 0 Å². The summed E-state index contributed by atoms with van der Waals surface area (Å²) in [5, 5.41) is 3.42. The van der Waals surface area contributed by atoms with Crippen LogP contribution < -0.4 is 10.2 Å². The first kappa shape index (κ1) is 11.0. The monoisotopic (exact) mass is 232 g/mol. The van der Waals surface area contributed by atoms with Crippen LogP contribution >= 0.6 is 0 Å². The maximum Gasteiger partial charge on any atom is 0.132 e. The predicted octanol–water partition coefficient (Wildman–Crippen LogP) is 1.23. The molecule has 2 fully saturated rings. The minimum Gasteiger partial charge on any atom is -0.355 e. The number of anilines is 1. The molecule has 4 heteroatoms. The lowest BCUT2D eigenvalue weighted by Gasteiger charge is -2.21. The number of nitrogens with zero attached hydrogens (tertiary/aromatic N) is 3. The second-order valence-electron chi connectivity index (χ2n) is 5.11. The van der Waals surface area contributed by atoms with Crippen LogP contribution in [-0.2, 0) is 6.42 Å². The highest BCUT2D eigenvalue weighted by atomic mass is 15.2. The van der Waals surface area contributed by atoms with E-state index >= 15 is 0 Å². The molecule has 0 unspecified atom stereocenters. The molecular weight excluding hydrogens is 212 g/mol. The third-order valence-corrected chi connectivity index (χ3v) is 3.57. The number of nitrogens with one attached hydrogen (secondary N) is 1. The topological polar surface area (TPSA) is 41.1 Å². The lowest BCUT2D eigenvalue weighted by molar-refractivity contribution is 0.724. The molecule has 2 heterocycles. The van der Waals surface area contributed by atoms with Crippen LogP contribution in [0.1, 0.15) is 25.0 Å². The molecule has 3 rings (SSSR count). The van der Waals surface area contributed by atoms with Crippen LogP contribution in [0.5, 0.6) is 0 Å².